The molecular weight excluding hydrogens is 424 g/mol. The van der Waals surface area contributed by atoms with Crippen LogP contribution in [0.3, 0.4) is 0 Å². The number of rotatable bonds is 5. The fourth-order valence-electron chi connectivity index (χ4n) is 3.88. The van der Waals surface area contributed by atoms with Crippen molar-refractivity contribution >= 4 is 34.5 Å². The second-order valence-corrected chi connectivity index (χ2v) is 8.05. The van der Waals surface area contributed by atoms with Crippen molar-refractivity contribution < 1.29 is 19.5 Å². The van der Waals surface area contributed by atoms with Gasteiger partial charge in [0.1, 0.15) is 11.9 Å². The summed E-state index contributed by atoms with van der Waals surface area (Å²) in [5, 5.41) is 21.1. The highest BCUT2D eigenvalue weighted by molar-refractivity contribution is 5.95. The first-order valence-corrected chi connectivity index (χ1v) is 10.3. The number of nitriles is 1. The molecular formula is C23H22N6O4. The van der Waals surface area contributed by atoms with Crippen LogP contribution in [0.1, 0.15) is 33.7 Å². The van der Waals surface area contributed by atoms with Gasteiger partial charge in [-0.05, 0) is 42.0 Å². The van der Waals surface area contributed by atoms with Crippen molar-refractivity contribution in [3.05, 3.63) is 58.9 Å². The number of carbonyl (C=O) groups is 3. The Kier molecular flexibility index (Phi) is 5.70. The highest BCUT2D eigenvalue weighted by Crippen LogP contribution is 2.25. The maximum Gasteiger partial charge on any atom is 0.305 e. The number of aliphatic carboxylic acids is 1. The van der Waals surface area contributed by atoms with Gasteiger partial charge in [-0.25, -0.2) is 4.98 Å². The third-order valence-electron chi connectivity index (χ3n) is 5.54. The van der Waals surface area contributed by atoms with Crippen LogP contribution in [0, 0.1) is 11.3 Å². The van der Waals surface area contributed by atoms with Gasteiger partial charge in [-0.2, -0.15) is 5.26 Å². The van der Waals surface area contributed by atoms with Crippen LogP contribution >= 0.6 is 0 Å². The van der Waals surface area contributed by atoms with Crippen LogP contribution in [0.15, 0.2) is 36.4 Å². The van der Waals surface area contributed by atoms with E-state index in [0.717, 1.165) is 11.1 Å². The Morgan fingerprint density at radius 3 is 2.82 bits per heavy atom. The fourth-order valence-corrected chi connectivity index (χ4v) is 3.88. The average Bonchev–Trinajstić information content (AvgIpc) is 3.14. The lowest BCUT2D eigenvalue weighted by Gasteiger charge is -2.19. The molecule has 4 rings (SSSR count). The number of fused-ring (bicyclic) bond motifs is 2. The van der Waals surface area contributed by atoms with Gasteiger partial charge < -0.3 is 25.2 Å². The van der Waals surface area contributed by atoms with Crippen molar-refractivity contribution in [2.24, 2.45) is 0 Å². The van der Waals surface area contributed by atoms with Gasteiger partial charge in [-0.15, -0.1) is 0 Å². The van der Waals surface area contributed by atoms with E-state index in [2.05, 4.69) is 21.4 Å². The Morgan fingerprint density at radius 2 is 2.09 bits per heavy atom. The van der Waals surface area contributed by atoms with E-state index in [1.54, 1.807) is 50.5 Å². The predicted molar refractivity (Wildman–Crippen MR) is 119 cm³/mol. The van der Waals surface area contributed by atoms with Crippen LogP contribution < -0.4 is 5.32 Å². The molecule has 10 nitrogen and oxygen atoms in total. The summed E-state index contributed by atoms with van der Waals surface area (Å²) in [5.74, 6) is -1.02. The number of carboxylic acids is 1. The van der Waals surface area contributed by atoms with E-state index in [1.165, 1.54) is 9.80 Å². The molecule has 2 amide bonds. The summed E-state index contributed by atoms with van der Waals surface area (Å²) in [7, 11) is 3.27. The number of imidazole rings is 1. The van der Waals surface area contributed by atoms with Crippen molar-refractivity contribution in [2.45, 2.75) is 25.6 Å². The molecule has 0 aliphatic carbocycles. The van der Waals surface area contributed by atoms with Crippen molar-refractivity contribution in [1.82, 2.24) is 19.8 Å². The number of nitrogens with zero attached hydrogens (tertiary/aromatic N) is 4. The molecule has 3 aromatic rings. The van der Waals surface area contributed by atoms with E-state index >= 15 is 0 Å². The zero-order chi connectivity index (χ0) is 23.7. The molecule has 1 aromatic heterocycles. The van der Waals surface area contributed by atoms with E-state index in [4.69, 9.17) is 10.4 Å². The highest BCUT2D eigenvalue weighted by atomic mass is 16.4. The van der Waals surface area contributed by atoms with Gasteiger partial charge in [0.05, 0.1) is 35.6 Å². The molecule has 2 aromatic carbocycles. The summed E-state index contributed by atoms with van der Waals surface area (Å²) in [6.45, 7) is 0.497. The maximum absolute atomic E-state index is 13.1. The number of carbonyl (C=O) groups excluding carboxylic acids is 2. The number of nitrogens with one attached hydrogen (secondary N) is 2. The molecule has 1 aliphatic heterocycles. The summed E-state index contributed by atoms with van der Waals surface area (Å²) >= 11 is 0. The molecule has 0 bridgehead atoms. The van der Waals surface area contributed by atoms with E-state index in [1.807, 2.05) is 0 Å². The van der Waals surface area contributed by atoms with Crippen LogP contribution in [0.2, 0.25) is 0 Å². The number of hydrogen-bond acceptors (Lipinski definition) is 6. The SMILES string of the molecule is CN(Cc1nc2ccc(C#N)cc2[nH]1)C(=O)c1ccc2c(c1)CN(C)C(=O)[C@H](CC(=O)O)N2. The monoisotopic (exact) mass is 446 g/mol. The molecule has 10 heteroatoms. The van der Waals surface area contributed by atoms with Gasteiger partial charge in [0.2, 0.25) is 5.91 Å². The molecule has 0 unspecified atom stereocenters. The third-order valence-corrected chi connectivity index (χ3v) is 5.54. The first-order chi connectivity index (χ1) is 15.7. The Balaban J connectivity index is 1.53. The first-order valence-electron chi connectivity index (χ1n) is 10.3. The molecule has 0 radical (unpaired) electrons. The van der Waals surface area contributed by atoms with Crippen molar-refractivity contribution in [3.63, 3.8) is 0 Å². The van der Waals surface area contributed by atoms with Gasteiger partial charge in [-0.1, -0.05) is 0 Å². The van der Waals surface area contributed by atoms with Gasteiger partial charge in [-0.3, -0.25) is 14.4 Å². The number of amides is 2. The zero-order valence-electron chi connectivity index (χ0n) is 18.1. The van der Waals surface area contributed by atoms with E-state index in [0.29, 0.717) is 28.2 Å². The Bertz CT molecular complexity index is 1310. The van der Waals surface area contributed by atoms with Gasteiger partial charge in [0, 0.05) is 31.9 Å². The molecule has 33 heavy (non-hydrogen) atoms. The highest BCUT2D eigenvalue weighted by Gasteiger charge is 2.29. The molecule has 3 N–H and O–H groups in total. The summed E-state index contributed by atoms with van der Waals surface area (Å²) in [5.41, 5.74) is 3.76. The molecule has 0 saturated heterocycles. The van der Waals surface area contributed by atoms with Crippen LogP contribution in [-0.2, 0) is 22.7 Å². The first kappa shape index (κ1) is 21.8. The van der Waals surface area contributed by atoms with Gasteiger partial charge in [0.15, 0.2) is 0 Å². The number of H-pyrrole nitrogens is 1. The quantitative estimate of drug-likeness (QED) is 0.543. The number of aromatic nitrogens is 2. The van der Waals surface area contributed by atoms with E-state index in [9.17, 15) is 14.4 Å². The number of anilines is 1. The minimum absolute atomic E-state index is 0.226. The Morgan fingerprint density at radius 1 is 1.30 bits per heavy atom. The van der Waals surface area contributed by atoms with Gasteiger partial charge >= 0.3 is 5.97 Å². The number of aromatic amines is 1. The average molecular weight is 446 g/mol. The van der Waals surface area contributed by atoms with Crippen LogP contribution in [0.25, 0.3) is 11.0 Å². The van der Waals surface area contributed by atoms with Crippen molar-refractivity contribution in [1.29, 1.82) is 5.26 Å². The Labute approximate surface area is 189 Å². The zero-order valence-corrected chi connectivity index (χ0v) is 18.1. The third kappa shape index (κ3) is 4.48. The van der Waals surface area contributed by atoms with Crippen molar-refractivity contribution in [2.75, 3.05) is 19.4 Å². The summed E-state index contributed by atoms with van der Waals surface area (Å²) < 4.78 is 0. The smallest absolute Gasteiger partial charge is 0.305 e. The molecule has 168 valence electrons. The summed E-state index contributed by atoms with van der Waals surface area (Å²) in [6.07, 6.45) is -0.334. The summed E-state index contributed by atoms with van der Waals surface area (Å²) in [4.78, 5) is 47.3. The standard InChI is InChI=1S/C23H22N6O4/c1-28-11-15-8-14(4-6-16(15)25-19(23(28)33)9-21(30)31)22(32)29(2)12-20-26-17-5-3-13(10-24)7-18(17)27-20/h3-8,19,25H,9,11-12H2,1-2H3,(H,26,27)(H,30,31)/t19-/m0/s1. The largest absolute Gasteiger partial charge is 0.481 e. The molecule has 0 fully saturated rings. The molecule has 2 heterocycles. The number of carboxylic acid groups (broad SMARTS) is 1. The second kappa shape index (κ2) is 8.63. The molecule has 1 atom stereocenters. The predicted octanol–water partition coefficient (Wildman–Crippen LogP) is 1.93. The lowest BCUT2D eigenvalue weighted by atomic mass is 10.1. The minimum atomic E-state index is -1.07. The number of benzene rings is 2. The molecule has 0 spiro atoms. The second-order valence-electron chi connectivity index (χ2n) is 8.05. The van der Waals surface area contributed by atoms with E-state index < -0.39 is 12.0 Å². The maximum atomic E-state index is 13.1. The normalized spacial score (nSPS) is 15.4. The van der Waals surface area contributed by atoms with Gasteiger partial charge in [0.25, 0.3) is 5.91 Å². The fraction of sp³-hybridized carbons (Fsp3) is 0.261. The van der Waals surface area contributed by atoms with Crippen LogP contribution in [-0.4, -0.2) is 62.8 Å². The van der Waals surface area contributed by atoms with Crippen molar-refractivity contribution in [3.8, 4) is 6.07 Å². The lowest BCUT2D eigenvalue weighted by Crippen LogP contribution is -2.39. The number of likely N-dealkylation sites (N-methyl/N-ethyl adjacent to an activating group) is 1. The van der Waals surface area contributed by atoms with E-state index in [-0.39, 0.29) is 31.3 Å². The Hall–Kier alpha value is -4.39. The number of hydrogen-bond donors (Lipinski definition) is 3. The molecule has 1 aliphatic rings. The lowest BCUT2D eigenvalue weighted by molar-refractivity contribution is -0.141. The minimum Gasteiger partial charge on any atom is -0.481 e. The van der Waals surface area contributed by atoms with Crippen LogP contribution in [0.4, 0.5) is 5.69 Å². The van der Waals surface area contributed by atoms with Crippen LogP contribution in [0.5, 0.6) is 0 Å². The summed E-state index contributed by atoms with van der Waals surface area (Å²) in [6, 6.07) is 11.4. The topological polar surface area (TPSA) is 142 Å². The molecule has 0 saturated carbocycles.